The van der Waals surface area contributed by atoms with E-state index in [1.54, 1.807) is 14.0 Å². The van der Waals surface area contributed by atoms with E-state index in [9.17, 15) is 9.90 Å². The normalized spacial score (nSPS) is 16.2. The summed E-state index contributed by atoms with van der Waals surface area (Å²) >= 11 is 7.27. The summed E-state index contributed by atoms with van der Waals surface area (Å²) in [5.74, 6) is 0.730. The number of amides is 1. The number of halogens is 1. The minimum absolute atomic E-state index is 0.0710. The quantitative estimate of drug-likeness (QED) is 0.163. The highest BCUT2D eigenvalue weighted by Crippen LogP contribution is 2.43. The number of likely N-dealkylation sites (tertiary alicyclic amines) is 1. The molecule has 1 amide bonds. The Labute approximate surface area is 302 Å². The number of aromatic nitrogens is 4. The largest absolute Gasteiger partial charge is 0.481 e. The van der Waals surface area contributed by atoms with E-state index >= 15 is 0 Å². The minimum Gasteiger partial charge on any atom is -0.481 e. The molecule has 10 nitrogen and oxygen atoms in total. The van der Waals surface area contributed by atoms with E-state index in [4.69, 9.17) is 26.3 Å². The maximum absolute atomic E-state index is 11.8. The van der Waals surface area contributed by atoms with Crippen LogP contribution in [0.4, 0.5) is 0 Å². The summed E-state index contributed by atoms with van der Waals surface area (Å²) in [4.78, 5) is 24.0. The number of aliphatic hydroxyl groups excluding tert-OH is 1. The number of nitrogens with one attached hydrogen (secondary N) is 2. The maximum Gasteiger partial charge on any atom is 0.220 e. The second-order valence-corrected chi connectivity index (χ2v) is 14.7. The molecule has 262 valence electrons. The Kier molecular flexibility index (Phi) is 8.58. The van der Waals surface area contributed by atoms with Crippen molar-refractivity contribution in [3.05, 3.63) is 89.3 Å². The van der Waals surface area contributed by atoms with E-state index < -0.39 is 6.10 Å². The lowest BCUT2D eigenvalue weighted by Crippen LogP contribution is -2.56. The van der Waals surface area contributed by atoms with Crippen molar-refractivity contribution < 1.29 is 14.6 Å². The molecule has 0 saturated carbocycles. The SMILES string of the molecule is COc1nc(-c2cccc(-c3cccc4c(-c5cn(C)c6cc(CNC[C@@H](C)O)cnc56)cn(C)c34)c2Cl)ccc1CN1CC2(CNC(=O)C2)C1. The first kappa shape index (κ1) is 33.4. The predicted molar refractivity (Wildman–Crippen MR) is 202 cm³/mol. The smallest absolute Gasteiger partial charge is 0.220 e. The van der Waals surface area contributed by atoms with E-state index in [2.05, 4.69) is 87.6 Å². The lowest BCUT2D eigenvalue weighted by atomic mass is 9.79. The van der Waals surface area contributed by atoms with Gasteiger partial charge in [0.2, 0.25) is 11.8 Å². The van der Waals surface area contributed by atoms with Crippen LogP contribution in [0.25, 0.3) is 55.4 Å². The van der Waals surface area contributed by atoms with Gasteiger partial charge in [0.15, 0.2) is 0 Å². The molecule has 8 rings (SSSR count). The molecule has 2 aliphatic rings. The molecule has 3 N–H and O–H groups in total. The van der Waals surface area contributed by atoms with Gasteiger partial charge in [-0.2, -0.15) is 0 Å². The van der Waals surface area contributed by atoms with Crippen LogP contribution in [0.1, 0.15) is 24.5 Å². The summed E-state index contributed by atoms with van der Waals surface area (Å²) in [5.41, 5.74) is 10.9. The zero-order chi connectivity index (χ0) is 35.4. The minimum atomic E-state index is -0.400. The van der Waals surface area contributed by atoms with Crippen LogP contribution in [0.3, 0.4) is 0 Å². The Morgan fingerprint density at radius 2 is 1.78 bits per heavy atom. The number of aliphatic hydroxyl groups is 1. The van der Waals surface area contributed by atoms with Gasteiger partial charge in [-0.15, -0.1) is 0 Å². The van der Waals surface area contributed by atoms with Crippen molar-refractivity contribution in [2.24, 2.45) is 19.5 Å². The van der Waals surface area contributed by atoms with Crippen molar-refractivity contribution in [3.8, 4) is 39.4 Å². The van der Waals surface area contributed by atoms with E-state index in [-0.39, 0.29) is 11.3 Å². The highest BCUT2D eigenvalue weighted by atomic mass is 35.5. The van der Waals surface area contributed by atoms with Gasteiger partial charge in [0.05, 0.1) is 40.5 Å². The zero-order valence-corrected chi connectivity index (χ0v) is 30.1. The summed E-state index contributed by atoms with van der Waals surface area (Å²) < 4.78 is 10.1. The Bertz CT molecular complexity index is 2300. The van der Waals surface area contributed by atoms with Crippen LogP contribution in [0, 0.1) is 5.41 Å². The molecule has 51 heavy (non-hydrogen) atoms. The molecule has 2 aliphatic heterocycles. The van der Waals surface area contributed by atoms with Gasteiger partial charge in [-0.25, -0.2) is 4.98 Å². The van der Waals surface area contributed by atoms with Crippen molar-refractivity contribution in [2.45, 2.75) is 32.5 Å². The van der Waals surface area contributed by atoms with Crippen molar-refractivity contribution in [1.29, 1.82) is 0 Å². The van der Waals surface area contributed by atoms with Crippen molar-refractivity contribution in [2.75, 3.05) is 33.3 Å². The summed E-state index contributed by atoms with van der Waals surface area (Å²) in [6.07, 6.45) is 6.44. The number of para-hydroxylation sites is 1. The molecule has 0 bridgehead atoms. The van der Waals surface area contributed by atoms with E-state index in [1.807, 2.05) is 24.4 Å². The van der Waals surface area contributed by atoms with Gasteiger partial charge in [0.25, 0.3) is 0 Å². The number of benzene rings is 2. The Morgan fingerprint density at radius 1 is 1.02 bits per heavy atom. The van der Waals surface area contributed by atoms with Crippen LogP contribution in [0.5, 0.6) is 5.88 Å². The molecule has 0 unspecified atom stereocenters. The lowest BCUT2D eigenvalue weighted by Gasteiger charge is -2.47. The first-order valence-corrected chi connectivity index (χ1v) is 17.7. The number of rotatable bonds is 10. The average molecular weight is 704 g/mol. The summed E-state index contributed by atoms with van der Waals surface area (Å²) in [5, 5.41) is 17.6. The van der Waals surface area contributed by atoms with Crippen molar-refractivity contribution in [3.63, 3.8) is 0 Å². The second-order valence-electron chi connectivity index (χ2n) is 14.3. The van der Waals surface area contributed by atoms with Crippen molar-refractivity contribution >= 4 is 39.4 Å². The van der Waals surface area contributed by atoms with Crippen LogP contribution < -0.4 is 15.4 Å². The van der Waals surface area contributed by atoms with Crippen molar-refractivity contribution in [1.82, 2.24) is 34.6 Å². The summed E-state index contributed by atoms with van der Waals surface area (Å²) in [6, 6.07) is 18.7. The first-order chi connectivity index (χ1) is 24.6. The Balaban J connectivity index is 1.10. The molecule has 2 aromatic carbocycles. The van der Waals surface area contributed by atoms with Crippen LogP contribution in [-0.2, 0) is 32.0 Å². The number of ether oxygens (including phenoxy) is 1. The summed E-state index contributed by atoms with van der Waals surface area (Å²) in [6.45, 7) is 6.19. The molecule has 2 saturated heterocycles. The topological polar surface area (TPSA) is 109 Å². The number of hydrogen-bond acceptors (Lipinski definition) is 7. The lowest BCUT2D eigenvalue weighted by molar-refractivity contribution is -0.120. The molecule has 0 aliphatic carbocycles. The third kappa shape index (κ3) is 6.06. The number of aryl methyl sites for hydroxylation is 2. The third-order valence-corrected chi connectivity index (χ3v) is 10.8. The average Bonchev–Trinajstić information content (AvgIpc) is 3.77. The molecule has 11 heteroatoms. The van der Waals surface area contributed by atoms with Gasteiger partial charge in [0, 0.05) is 123 Å². The van der Waals surface area contributed by atoms with Gasteiger partial charge in [-0.3, -0.25) is 14.7 Å². The predicted octanol–water partition coefficient (Wildman–Crippen LogP) is 5.92. The van der Waals surface area contributed by atoms with Crippen LogP contribution in [-0.4, -0.2) is 74.4 Å². The Hall–Kier alpha value is -4.74. The monoisotopic (exact) mass is 703 g/mol. The molecule has 4 aromatic heterocycles. The van der Waals surface area contributed by atoms with Crippen LogP contribution >= 0.6 is 11.6 Å². The van der Waals surface area contributed by atoms with Gasteiger partial charge in [-0.1, -0.05) is 54.1 Å². The number of carbonyl (C=O) groups is 1. The highest BCUT2D eigenvalue weighted by molar-refractivity contribution is 6.36. The molecule has 6 heterocycles. The third-order valence-electron chi connectivity index (χ3n) is 10.3. The van der Waals surface area contributed by atoms with Crippen LogP contribution in [0.2, 0.25) is 5.02 Å². The molecule has 1 atom stereocenters. The van der Waals surface area contributed by atoms with E-state index in [1.165, 1.54) is 0 Å². The fourth-order valence-corrected chi connectivity index (χ4v) is 8.32. The van der Waals surface area contributed by atoms with Crippen LogP contribution in [0.15, 0.2) is 73.2 Å². The molecule has 0 radical (unpaired) electrons. The fourth-order valence-electron chi connectivity index (χ4n) is 8.00. The molecule has 6 aromatic rings. The molecular formula is C40H42ClN7O3. The zero-order valence-electron chi connectivity index (χ0n) is 29.3. The van der Waals surface area contributed by atoms with Gasteiger partial charge in [0.1, 0.15) is 0 Å². The number of fused-ring (bicyclic) bond motifs is 2. The van der Waals surface area contributed by atoms with Gasteiger partial charge < -0.3 is 29.6 Å². The first-order valence-electron chi connectivity index (χ1n) is 17.4. The molecule has 2 fully saturated rings. The van der Waals surface area contributed by atoms with E-state index in [0.29, 0.717) is 37.0 Å². The summed E-state index contributed by atoms with van der Waals surface area (Å²) in [7, 11) is 5.78. The number of pyridine rings is 2. The Morgan fingerprint density at radius 3 is 2.55 bits per heavy atom. The van der Waals surface area contributed by atoms with Gasteiger partial charge in [-0.05, 0) is 24.6 Å². The maximum atomic E-state index is 11.8. The van der Waals surface area contributed by atoms with E-state index in [0.717, 1.165) is 86.2 Å². The fraction of sp³-hybridized carbons (Fsp3) is 0.325. The second kappa shape index (κ2) is 13.1. The molecular weight excluding hydrogens is 662 g/mol. The number of nitrogens with zero attached hydrogens (tertiary/aromatic N) is 5. The standard InChI is InChI=1S/C40H42ClN7O3/c1-24(49)15-42-16-25-13-34-37(43-17-25)32(20-46(34)2)31-19-47(3)38-28(8-6-9-29(31)38)27-7-5-10-30(36(27)41)33-12-11-26(39(45-33)51-4)18-48-22-40(23-48)14-35(50)44-21-40/h5-13,17,19-20,24,42,49H,14-16,18,21-23H2,1-4H3,(H,44,50)/t24-/m1/s1. The number of methoxy groups -OCH3 is 1. The number of carbonyl (C=O) groups excluding carboxylic acids is 1. The van der Waals surface area contributed by atoms with Gasteiger partial charge >= 0.3 is 0 Å². The highest BCUT2D eigenvalue weighted by Gasteiger charge is 2.48. The number of hydrogen-bond donors (Lipinski definition) is 3. The molecule has 1 spiro atoms.